The molecule has 18 heavy (non-hydrogen) atoms. The monoisotopic (exact) mass is 280 g/mol. The van der Waals surface area contributed by atoms with Gasteiger partial charge >= 0.3 is 0 Å². The highest BCUT2D eigenvalue weighted by atomic mass is 35.5. The first-order chi connectivity index (χ1) is 8.61. The molecule has 0 amide bonds. The van der Waals surface area contributed by atoms with Gasteiger partial charge in [0.15, 0.2) is 0 Å². The molecule has 0 fully saturated rings. The molecule has 1 heterocycles. The van der Waals surface area contributed by atoms with Crippen molar-refractivity contribution < 1.29 is 0 Å². The SMILES string of the molecule is CC(c1ccncc1)C(N)c1cccc(Cl)c1Cl. The summed E-state index contributed by atoms with van der Waals surface area (Å²) < 4.78 is 0. The fourth-order valence-corrected chi connectivity index (χ4v) is 2.36. The number of hydrogen-bond donors (Lipinski definition) is 1. The third kappa shape index (κ3) is 2.66. The molecule has 0 spiro atoms. The Hall–Kier alpha value is -1.09. The Balaban J connectivity index is 2.31. The summed E-state index contributed by atoms with van der Waals surface area (Å²) >= 11 is 12.2. The van der Waals surface area contributed by atoms with Crippen LogP contribution in [0.1, 0.15) is 30.0 Å². The smallest absolute Gasteiger partial charge is 0.0640 e. The molecule has 0 aliphatic carbocycles. The number of nitrogens with two attached hydrogens (primary N) is 1. The van der Waals surface area contributed by atoms with E-state index in [4.69, 9.17) is 28.9 Å². The maximum Gasteiger partial charge on any atom is 0.0640 e. The molecule has 2 aromatic rings. The standard InChI is InChI=1S/C14H14Cl2N2/c1-9(10-5-7-18-8-6-10)14(17)11-3-2-4-12(15)13(11)16/h2-9,14H,17H2,1H3. The van der Waals surface area contributed by atoms with Crippen LogP contribution in [0.3, 0.4) is 0 Å². The van der Waals surface area contributed by atoms with Crippen LogP contribution >= 0.6 is 23.2 Å². The summed E-state index contributed by atoms with van der Waals surface area (Å²) in [7, 11) is 0. The van der Waals surface area contributed by atoms with Gasteiger partial charge in [0, 0.05) is 24.4 Å². The molecule has 1 aromatic heterocycles. The van der Waals surface area contributed by atoms with E-state index in [2.05, 4.69) is 11.9 Å². The molecule has 0 radical (unpaired) electrons. The van der Waals surface area contributed by atoms with Gasteiger partial charge in [-0.15, -0.1) is 0 Å². The summed E-state index contributed by atoms with van der Waals surface area (Å²) in [6.45, 7) is 2.07. The predicted molar refractivity (Wildman–Crippen MR) is 76.0 cm³/mol. The Morgan fingerprint density at radius 2 is 1.78 bits per heavy atom. The first-order valence-corrected chi connectivity index (χ1v) is 6.46. The molecule has 94 valence electrons. The topological polar surface area (TPSA) is 38.9 Å². The molecule has 0 aliphatic heterocycles. The van der Waals surface area contributed by atoms with Crippen molar-refractivity contribution in [2.24, 2.45) is 5.73 Å². The predicted octanol–water partition coefficient (Wildman–Crippen LogP) is 4.19. The molecular formula is C14H14Cl2N2. The van der Waals surface area contributed by atoms with Crippen LogP contribution in [-0.2, 0) is 0 Å². The highest BCUT2D eigenvalue weighted by Crippen LogP contribution is 2.35. The quantitative estimate of drug-likeness (QED) is 0.916. The summed E-state index contributed by atoms with van der Waals surface area (Å²) in [5, 5.41) is 1.07. The minimum atomic E-state index is -0.196. The van der Waals surface area contributed by atoms with Gasteiger partial charge in [-0.1, -0.05) is 42.3 Å². The molecule has 2 N–H and O–H groups in total. The van der Waals surface area contributed by atoms with Crippen molar-refractivity contribution in [1.29, 1.82) is 0 Å². The van der Waals surface area contributed by atoms with Gasteiger partial charge in [0.2, 0.25) is 0 Å². The number of benzene rings is 1. The number of hydrogen-bond acceptors (Lipinski definition) is 2. The molecule has 2 atom stereocenters. The molecule has 2 nitrogen and oxygen atoms in total. The normalized spacial score (nSPS) is 14.2. The molecule has 0 bridgehead atoms. The zero-order chi connectivity index (χ0) is 13.1. The molecule has 1 aromatic carbocycles. The number of aromatic nitrogens is 1. The maximum atomic E-state index is 6.28. The lowest BCUT2D eigenvalue weighted by Crippen LogP contribution is -2.18. The second kappa shape index (κ2) is 5.70. The molecular weight excluding hydrogens is 267 g/mol. The lowest BCUT2D eigenvalue weighted by Gasteiger charge is -2.22. The van der Waals surface area contributed by atoms with Crippen LogP contribution in [0, 0.1) is 0 Å². The fourth-order valence-electron chi connectivity index (χ4n) is 1.92. The minimum absolute atomic E-state index is 0.143. The van der Waals surface area contributed by atoms with E-state index in [1.54, 1.807) is 18.5 Å². The summed E-state index contributed by atoms with van der Waals surface area (Å²) in [6, 6.07) is 9.26. The van der Waals surface area contributed by atoms with E-state index in [1.165, 1.54) is 0 Å². The van der Waals surface area contributed by atoms with Crippen LogP contribution in [0.15, 0.2) is 42.7 Å². The third-order valence-corrected chi connectivity index (χ3v) is 3.94. The summed E-state index contributed by atoms with van der Waals surface area (Å²) in [5.41, 5.74) is 8.28. The van der Waals surface area contributed by atoms with Crippen molar-refractivity contribution in [3.8, 4) is 0 Å². The fraction of sp³-hybridized carbons (Fsp3) is 0.214. The number of nitrogens with zero attached hydrogens (tertiary/aromatic N) is 1. The third-order valence-electron chi connectivity index (χ3n) is 3.11. The van der Waals surface area contributed by atoms with E-state index in [0.29, 0.717) is 10.0 Å². The summed E-state index contributed by atoms with van der Waals surface area (Å²) in [5.74, 6) is 0.143. The van der Waals surface area contributed by atoms with E-state index in [1.807, 2.05) is 24.3 Å². The van der Waals surface area contributed by atoms with Crippen molar-refractivity contribution in [3.63, 3.8) is 0 Å². The maximum absolute atomic E-state index is 6.28. The highest BCUT2D eigenvalue weighted by Gasteiger charge is 2.19. The average molecular weight is 281 g/mol. The van der Waals surface area contributed by atoms with Crippen molar-refractivity contribution >= 4 is 23.2 Å². The van der Waals surface area contributed by atoms with Gasteiger partial charge in [-0.05, 0) is 29.3 Å². The van der Waals surface area contributed by atoms with E-state index < -0.39 is 0 Å². The molecule has 4 heteroatoms. The van der Waals surface area contributed by atoms with Crippen LogP contribution in [0.25, 0.3) is 0 Å². The lowest BCUT2D eigenvalue weighted by molar-refractivity contribution is 0.597. The van der Waals surface area contributed by atoms with Gasteiger partial charge in [-0.25, -0.2) is 0 Å². The molecule has 0 aliphatic rings. The Bertz CT molecular complexity index is 529. The number of pyridine rings is 1. The number of rotatable bonds is 3. The van der Waals surface area contributed by atoms with Gasteiger partial charge < -0.3 is 5.73 Å². The second-order valence-corrected chi connectivity index (χ2v) is 5.02. The van der Waals surface area contributed by atoms with Crippen molar-refractivity contribution in [3.05, 3.63) is 63.9 Å². The van der Waals surface area contributed by atoms with Gasteiger partial charge in [0.05, 0.1) is 10.0 Å². The van der Waals surface area contributed by atoms with Crippen LogP contribution in [0.5, 0.6) is 0 Å². The second-order valence-electron chi connectivity index (χ2n) is 4.24. The van der Waals surface area contributed by atoms with Gasteiger partial charge in [-0.2, -0.15) is 0 Å². The molecule has 0 saturated carbocycles. The number of halogens is 2. The van der Waals surface area contributed by atoms with E-state index in [-0.39, 0.29) is 12.0 Å². The molecule has 2 rings (SSSR count). The van der Waals surface area contributed by atoms with E-state index in [9.17, 15) is 0 Å². The summed E-state index contributed by atoms with van der Waals surface area (Å²) in [4.78, 5) is 4.00. The average Bonchev–Trinajstić information content (AvgIpc) is 2.41. The molecule has 2 unspecified atom stereocenters. The Labute approximate surface area is 117 Å². The van der Waals surface area contributed by atoms with Crippen LogP contribution in [-0.4, -0.2) is 4.98 Å². The largest absolute Gasteiger partial charge is 0.323 e. The van der Waals surface area contributed by atoms with Crippen LogP contribution < -0.4 is 5.73 Å². The first-order valence-electron chi connectivity index (χ1n) is 5.70. The minimum Gasteiger partial charge on any atom is -0.323 e. The summed E-state index contributed by atoms with van der Waals surface area (Å²) in [6.07, 6.45) is 3.52. The Morgan fingerprint density at radius 1 is 1.11 bits per heavy atom. The first kappa shape index (κ1) is 13.3. The van der Waals surface area contributed by atoms with Crippen molar-refractivity contribution in [2.75, 3.05) is 0 Å². The highest BCUT2D eigenvalue weighted by molar-refractivity contribution is 6.42. The zero-order valence-corrected chi connectivity index (χ0v) is 11.5. The van der Waals surface area contributed by atoms with Crippen molar-refractivity contribution in [1.82, 2.24) is 4.98 Å². The lowest BCUT2D eigenvalue weighted by atomic mass is 9.90. The zero-order valence-electron chi connectivity index (χ0n) is 9.98. The van der Waals surface area contributed by atoms with E-state index >= 15 is 0 Å². The molecule has 0 saturated heterocycles. The van der Waals surface area contributed by atoms with E-state index in [0.717, 1.165) is 11.1 Å². The van der Waals surface area contributed by atoms with Crippen molar-refractivity contribution in [2.45, 2.75) is 18.9 Å². The van der Waals surface area contributed by atoms with Gasteiger partial charge in [0.25, 0.3) is 0 Å². The van der Waals surface area contributed by atoms with Crippen LogP contribution in [0.4, 0.5) is 0 Å². The van der Waals surface area contributed by atoms with Crippen LogP contribution in [0.2, 0.25) is 10.0 Å². The Kier molecular flexibility index (Phi) is 4.23. The Morgan fingerprint density at radius 3 is 2.44 bits per heavy atom. The van der Waals surface area contributed by atoms with Gasteiger partial charge in [0.1, 0.15) is 0 Å². The van der Waals surface area contributed by atoms with Gasteiger partial charge in [-0.3, -0.25) is 4.98 Å².